The number of rotatable bonds is 4. The molecule has 0 bridgehead atoms. The molecule has 0 aliphatic heterocycles. The molecule has 2 aliphatic carbocycles. The molecule has 0 aromatic heterocycles. The predicted molar refractivity (Wildman–Crippen MR) is 86.3 cm³/mol. The van der Waals surface area contributed by atoms with Crippen molar-refractivity contribution < 1.29 is 4.79 Å². The van der Waals surface area contributed by atoms with Crippen LogP contribution >= 0.6 is 0 Å². The maximum atomic E-state index is 12.5. The molecule has 2 N–H and O–H groups in total. The fraction of sp³-hybridized carbons (Fsp3) is 0.750. The zero-order chi connectivity index (χ0) is 15.3. The molecule has 0 saturated heterocycles. The Kier molecular flexibility index (Phi) is 5.26. The van der Waals surface area contributed by atoms with E-state index in [1.54, 1.807) is 11.9 Å². The van der Waals surface area contributed by atoms with Gasteiger partial charge >= 0.3 is 0 Å². The van der Waals surface area contributed by atoms with Gasteiger partial charge in [-0.2, -0.15) is 0 Å². The van der Waals surface area contributed by atoms with Crippen molar-refractivity contribution in [2.45, 2.75) is 44.6 Å². The summed E-state index contributed by atoms with van der Waals surface area (Å²) in [6.45, 7) is 0.670. The number of carbonyl (C=O) groups excluding carboxylic acids is 1. The Morgan fingerprint density at radius 1 is 1.29 bits per heavy atom. The van der Waals surface area contributed by atoms with Crippen LogP contribution < -0.4 is 10.6 Å². The third kappa shape index (κ3) is 3.77. The van der Waals surface area contributed by atoms with Crippen molar-refractivity contribution in [2.24, 2.45) is 10.4 Å². The Morgan fingerprint density at radius 3 is 2.43 bits per heavy atom. The second kappa shape index (κ2) is 6.96. The quantitative estimate of drug-likeness (QED) is 0.469. The smallest absolute Gasteiger partial charge is 0.230 e. The topological polar surface area (TPSA) is 56.7 Å². The van der Waals surface area contributed by atoms with Gasteiger partial charge < -0.3 is 15.5 Å². The Hall–Kier alpha value is -1.52. The van der Waals surface area contributed by atoms with Gasteiger partial charge in [-0.3, -0.25) is 9.79 Å². The summed E-state index contributed by atoms with van der Waals surface area (Å²) in [5.74, 6) is 1.05. The Morgan fingerprint density at radius 2 is 1.90 bits per heavy atom. The lowest BCUT2D eigenvalue weighted by Crippen LogP contribution is -2.50. The third-order valence-electron chi connectivity index (χ3n) is 4.59. The monoisotopic (exact) mass is 292 g/mol. The van der Waals surface area contributed by atoms with Crippen LogP contribution in [0.25, 0.3) is 0 Å². The molecule has 0 aromatic rings. The zero-order valence-corrected chi connectivity index (χ0v) is 13.5. The van der Waals surface area contributed by atoms with Crippen molar-refractivity contribution in [1.82, 2.24) is 15.5 Å². The summed E-state index contributed by atoms with van der Waals surface area (Å²) in [6.07, 6.45) is 10.7. The van der Waals surface area contributed by atoms with Crippen LogP contribution in [0.15, 0.2) is 17.1 Å². The van der Waals surface area contributed by atoms with E-state index in [1.165, 1.54) is 0 Å². The van der Waals surface area contributed by atoms with Crippen molar-refractivity contribution in [3.05, 3.63) is 12.2 Å². The van der Waals surface area contributed by atoms with E-state index in [0.717, 1.165) is 44.5 Å². The Labute approximate surface area is 127 Å². The molecule has 0 heterocycles. The van der Waals surface area contributed by atoms with Crippen LogP contribution in [0.4, 0.5) is 0 Å². The zero-order valence-electron chi connectivity index (χ0n) is 13.5. The summed E-state index contributed by atoms with van der Waals surface area (Å²) < 4.78 is 0. The standard InChI is InChI=1S/C16H28N4O/c1-17-15(19-13-8-4-5-9-13)18-12-16(10-6-7-11-16)14(21)20(2)3/h4-5,13H,6-12H2,1-3H3,(H2,17,18,19). The maximum absolute atomic E-state index is 12.5. The first-order chi connectivity index (χ1) is 10.1. The highest BCUT2D eigenvalue weighted by Gasteiger charge is 2.42. The molecule has 0 spiro atoms. The van der Waals surface area contributed by atoms with Crippen LogP contribution in [0.3, 0.4) is 0 Å². The lowest BCUT2D eigenvalue weighted by Gasteiger charge is -2.31. The van der Waals surface area contributed by atoms with Gasteiger partial charge in [0.25, 0.3) is 0 Å². The maximum Gasteiger partial charge on any atom is 0.230 e. The van der Waals surface area contributed by atoms with Gasteiger partial charge in [0, 0.05) is 33.7 Å². The lowest BCUT2D eigenvalue weighted by molar-refractivity contribution is -0.138. The average molecular weight is 292 g/mol. The summed E-state index contributed by atoms with van der Waals surface area (Å²) in [6, 6.07) is 0.431. The van der Waals surface area contributed by atoms with Crippen LogP contribution in [0.1, 0.15) is 38.5 Å². The number of carbonyl (C=O) groups is 1. The molecule has 0 radical (unpaired) electrons. The number of hydrogen-bond donors (Lipinski definition) is 2. The van der Waals surface area contributed by atoms with Crippen LogP contribution in [0, 0.1) is 5.41 Å². The summed E-state index contributed by atoms with van der Waals surface area (Å²) in [4.78, 5) is 18.5. The molecule has 0 atom stereocenters. The van der Waals surface area contributed by atoms with Gasteiger partial charge in [0.15, 0.2) is 5.96 Å². The summed E-state index contributed by atoms with van der Waals surface area (Å²) in [7, 11) is 5.48. The van der Waals surface area contributed by atoms with Gasteiger partial charge in [-0.05, 0) is 25.7 Å². The van der Waals surface area contributed by atoms with E-state index in [1.807, 2.05) is 14.1 Å². The number of amides is 1. The number of aliphatic imine (C=N–C) groups is 1. The molecule has 0 aromatic carbocycles. The number of guanidine groups is 1. The van der Waals surface area contributed by atoms with Gasteiger partial charge in [0.1, 0.15) is 0 Å². The summed E-state index contributed by atoms with van der Waals surface area (Å²) in [5, 5.41) is 6.80. The van der Waals surface area contributed by atoms with Crippen molar-refractivity contribution in [3.63, 3.8) is 0 Å². The van der Waals surface area contributed by atoms with Gasteiger partial charge in [0.05, 0.1) is 5.41 Å². The first kappa shape index (κ1) is 15.9. The number of hydrogen-bond acceptors (Lipinski definition) is 2. The first-order valence-corrected chi connectivity index (χ1v) is 7.91. The Bertz CT molecular complexity index is 414. The van der Waals surface area contributed by atoms with E-state index in [9.17, 15) is 4.79 Å². The fourth-order valence-electron chi connectivity index (χ4n) is 3.37. The van der Waals surface area contributed by atoms with E-state index in [-0.39, 0.29) is 11.3 Å². The van der Waals surface area contributed by atoms with Crippen LogP contribution in [-0.4, -0.2) is 50.5 Å². The minimum absolute atomic E-state index is 0.241. The van der Waals surface area contributed by atoms with Gasteiger partial charge in [-0.1, -0.05) is 25.0 Å². The Balaban J connectivity index is 1.92. The number of nitrogens with zero attached hydrogens (tertiary/aromatic N) is 2. The second-order valence-electron chi connectivity index (χ2n) is 6.40. The van der Waals surface area contributed by atoms with Gasteiger partial charge in [0.2, 0.25) is 5.91 Å². The fourth-order valence-corrected chi connectivity index (χ4v) is 3.37. The highest BCUT2D eigenvalue weighted by molar-refractivity contribution is 5.85. The van der Waals surface area contributed by atoms with Crippen molar-refractivity contribution in [3.8, 4) is 0 Å². The molecular formula is C16H28N4O. The van der Waals surface area contributed by atoms with Crippen LogP contribution in [0.5, 0.6) is 0 Å². The highest BCUT2D eigenvalue weighted by atomic mass is 16.2. The normalized spacial score (nSPS) is 21.6. The molecule has 118 valence electrons. The van der Waals surface area contributed by atoms with E-state index in [2.05, 4.69) is 27.8 Å². The van der Waals surface area contributed by atoms with Crippen LogP contribution in [0.2, 0.25) is 0 Å². The van der Waals surface area contributed by atoms with Crippen molar-refractivity contribution in [1.29, 1.82) is 0 Å². The SMILES string of the molecule is CN=C(NCC1(C(=O)N(C)C)CCCC1)NC1CC=CC1. The predicted octanol–water partition coefficient (Wildman–Crippen LogP) is 1.52. The van der Waals surface area contributed by atoms with E-state index < -0.39 is 0 Å². The largest absolute Gasteiger partial charge is 0.355 e. The van der Waals surface area contributed by atoms with Gasteiger partial charge in [-0.15, -0.1) is 0 Å². The minimum atomic E-state index is -0.255. The molecule has 5 heteroatoms. The lowest BCUT2D eigenvalue weighted by atomic mass is 9.84. The molecule has 2 aliphatic rings. The number of nitrogens with one attached hydrogen (secondary N) is 2. The molecule has 21 heavy (non-hydrogen) atoms. The first-order valence-electron chi connectivity index (χ1n) is 7.91. The van der Waals surface area contributed by atoms with Gasteiger partial charge in [-0.25, -0.2) is 0 Å². The van der Waals surface area contributed by atoms with E-state index in [0.29, 0.717) is 12.6 Å². The second-order valence-corrected chi connectivity index (χ2v) is 6.40. The average Bonchev–Trinajstić information content (AvgIpc) is 3.14. The molecule has 1 saturated carbocycles. The molecule has 1 amide bonds. The molecule has 5 nitrogen and oxygen atoms in total. The highest BCUT2D eigenvalue weighted by Crippen LogP contribution is 2.38. The molecule has 1 fully saturated rings. The summed E-state index contributed by atoms with van der Waals surface area (Å²) >= 11 is 0. The molecule has 0 unspecified atom stereocenters. The van der Waals surface area contributed by atoms with E-state index in [4.69, 9.17) is 0 Å². The third-order valence-corrected chi connectivity index (χ3v) is 4.59. The summed E-state index contributed by atoms with van der Waals surface area (Å²) in [5.41, 5.74) is -0.255. The van der Waals surface area contributed by atoms with Crippen molar-refractivity contribution in [2.75, 3.05) is 27.7 Å². The molecular weight excluding hydrogens is 264 g/mol. The van der Waals surface area contributed by atoms with Crippen molar-refractivity contribution >= 4 is 11.9 Å². The van der Waals surface area contributed by atoms with Crippen LogP contribution in [-0.2, 0) is 4.79 Å². The molecule has 2 rings (SSSR count). The minimum Gasteiger partial charge on any atom is -0.355 e. The van der Waals surface area contributed by atoms with E-state index >= 15 is 0 Å².